The lowest BCUT2D eigenvalue weighted by molar-refractivity contribution is 0.693. The lowest BCUT2D eigenvalue weighted by Crippen LogP contribution is -2.18. The fourth-order valence-electron chi connectivity index (χ4n) is 2.13. The van der Waals surface area contributed by atoms with Crippen molar-refractivity contribution in [3.8, 4) is 0 Å². The van der Waals surface area contributed by atoms with Crippen molar-refractivity contribution in [1.82, 2.24) is 25.0 Å². The lowest BCUT2D eigenvalue weighted by atomic mass is 10.1. The molecule has 0 saturated heterocycles. The highest BCUT2D eigenvalue weighted by Crippen LogP contribution is 2.11. The van der Waals surface area contributed by atoms with E-state index in [0.29, 0.717) is 11.7 Å². The summed E-state index contributed by atoms with van der Waals surface area (Å²) in [5, 5.41) is 14.9. The Labute approximate surface area is 116 Å². The van der Waals surface area contributed by atoms with E-state index in [1.807, 2.05) is 6.07 Å². The van der Waals surface area contributed by atoms with E-state index >= 15 is 0 Å². The third-order valence-electron chi connectivity index (χ3n) is 3.21. The Morgan fingerprint density at radius 1 is 1.20 bits per heavy atom. The van der Waals surface area contributed by atoms with Gasteiger partial charge in [0.05, 0.1) is 12.4 Å². The number of hydrogen-bond donors (Lipinski definition) is 1. The van der Waals surface area contributed by atoms with Crippen molar-refractivity contribution in [2.24, 2.45) is 0 Å². The fraction of sp³-hybridized carbons (Fsp3) is 0.286. The van der Waals surface area contributed by atoms with Gasteiger partial charge in [-0.1, -0.05) is 30.3 Å². The van der Waals surface area contributed by atoms with Gasteiger partial charge in [0, 0.05) is 6.04 Å². The molecule has 0 radical (unpaired) electrons. The van der Waals surface area contributed by atoms with E-state index in [9.17, 15) is 0 Å². The molecule has 0 amide bonds. The molecule has 0 fully saturated rings. The van der Waals surface area contributed by atoms with E-state index in [1.165, 1.54) is 5.56 Å². The second-order valence-corrected chi connectivity index (χ2v) is 4.81. The summed E-state index contributed by atoms with van der Waals surface area (Å²) in [6.45, 7) is 2.14. The molecule has 1 N–H and O–H groups in total. The maximum absolute atomic E-state index is 4.13. The zero-order chi connectivity index (χ0) is 13.8. The van der Waals surface area contributed by atoms with Crippen LogP contribution in [0.2, 0.25) is 0 Å². The van der Waals surface area contributed by atoms with E-state index in [-0.39, 0.29) is 0 Å². The molecule has 6 heteroatoms. The number of nitrogens with one attached hydrogen (secondary N) is 1. The number of rotatable bonds is 5. The number of hydrogen-bond acceptors (Lipinski definition) is 5. The van der Waals surface area contributed by atoms with Crippen LogP contribution in [-0.4, -0.2) is 31.1 Å². The zero-order valence-electron chi connectivity index (χ0n) is 11.3. The van der Waals surface area contributed by atoms with Gasteiger partial charge in [-0.3, -0.25) is 4.98 Å². The molecule has 3 rings (SSSR count). The summed E-state index contributed by atoms with van der Waals surface area (Å²) in [6.07, 6.45) is 5.44. The number of tetrazole rings is 1. The third kappa shape index (κ3) is 2.74. The van der Waals surface area contributed by atoms with Crippen LogP contribution in [0.5, 0.6) is 0 Å². The van der Waals surface area contributed by atoms with Crippen LogP contribution in [0.15, 0.2) is 42.7 Å². The largest absolute Gasteiger partial charge is 0.366 e. The predicted octanol–water partition coefficient (Wildman–Crippen LogP) is 1.95. The minimum Gasteiger partial charge on any atom is -0.366 e. The Hall–Kier alpha value is -2.50. The number of benzene rings is 1. The molecule has 1 unspecified atom stereocenters. The molecule has 102 valence electrons. The minimum atomic E-state index is 0.312. The summed E-state index contributed by atoms with van der Waals surface area (Å²) in [4.78, 5) is 4.13. The first-order valence-corrected chi connectivity index (χ1v) is 6.65. The summed E-state index contributed by atoms with van der Waals surface area (Å²) in [5.74, 6) is 0.813. The van der Waals surface area contributed by atoms with Crippen molar-refractivity contribution < 1.29 is 0 Å². The molecule has 0 saturated carbocycles. The van der Waals surface area contributed by atoms with Crippen LogP contribution in [0, 0.1) is 0 Å². The Bertz CT molecular complexity index is 678. The third-order valence-corrected chi connectivity index (χ3v) is 3.21. The molecular formula is C14H16N6. The molecule has 20 heavy (non-hydrogen) atoms. The van der Waals surface area contributed by atoms with Gasteiger partial charge in [-0.2, -0.15) is 4.52 Å². The highest BCUT2D eigenvalue weighted by Gasteiger charge is 2.07. The Balaban J connectivity index is 1.64. The Kier molecular flexibility index (Phi) is 3.54. The van der Waals surface area contributed by atoms with Crippen LogP contribution in [0.4, 0.5) is 5.82 Å². The van der Waals surface area contributed by atoms with Crippen molar-refractivity contribution in [3.63, 3.8) is 0 Å². The van der Waals surface area contributed by atoms with E-state index in [4.69, 9.17) is 0 Å². The van der Waals surface area contributed by atoms with Crippen molar-refractivity contribution in [1.29, 1.82) is 0 Å². The van der Waals surface area contributed by atoms with Gasteiger partial charge < -0.3 is 5.32 Å². The van der Waals surface area contributed by atoms with Crippen LogP contribution in [-0.2, 0) is 6.42 Å². The minimum absolute atomic E-state index is 0.312. The van der Waals surface area contributed by atoms with Crippen LogP contribution >= 0.6 is 0 Å². The van der Waals surface area contributed by atoms with Gasteiger partial charge in [-0.05, 0) is 35.8 Å². The van der Waals surface area contributed by atoms with Gasteiger partial charge in [-0.25, -0.2) is 0 Å². The highest BCUT2D eigenvalue weighted by atomic mass is 15.5. The number of anilines is 1. The van der Waals surface area contributed by atoms with Gasteiger partial charge >= 0.3 is 0 Å². The SMILES string of the molecule is CC(CCc1ccccc1)Nc1cncc2nnnn12. The monoisotopic (exact) mass is 268 g/mol. The first-order valence-electron chi connectivity index (χ1n) is 6.65. The summed E-state index contributed by atoms with van der Waals surface area (Å²) in [5.41, 5.74) is 1.99. The van der Waals surface area contributed by atoms with Gasteiger partial charge in [-0.15, -0.1) is 5.10 Å². The van der Waals surface area contributed by atoms with Gasteiger partial charge in [0.15, 0.2) is 11.5 Å². The summed E-state index contributed by atoms with van der Waals surface area (Å²) in [7, 11) is 0. The average Bonchev–Trinajstić information content (AvgIpc) is 2.96. The number of aryl methyl sites for hydroxylation is 1. The number of fused-ring (bicyclic) bond motifs is 1. The van der Waals surface area contributed by atoms with Crippen molar-refractivity contribution in [3.05, 3.63) is 48.3 Å². The lowest BCUT2D eigenvalue weighted by Gasteiger charge is -2.15. The molecule has 2 aromatic heterocycles. The molecule has 0 bridgehead atoms. The molecule has 6 nitrogen and oxygen atoms in total. The van der Waals surface area contributed by atoms with E-state index in [2.05, 4.69) is 57.0 Å². The average molecular weight is 268 g/mol. The second-order valence-electron chi connectivity index (χ2n) is 4.81. The van der Waals surface area contributed by atoms with Gasteiger partial charge in [0.25, 0.3) is 0 Å². The van der Waals surface area contributed by atoms with Crippen LogP contribution in [0.3, 0.4) is 0 Å². The second kappa shape index (κ2) is 5.64. The van der Waals surface area contributed by atoms with Crippen molar-refractivity contribution in [2.75, 3.05) is 5.32 Å². The van der Waals surface area contributed by atoms with Gasteiger partial charge in [0.1, 0.15) is 0 Å². The number of aromatic nitrogens is 5. The highest BCUT2D eigenvalue weighted by molar-refractivity contribution is 5.44. The Morgan fingerprint density at radius 3 is 2.90 bits per heavy atom. The first kappa shape index (κ1) is 12.5. The van der Waals surface area contributed by atoms with Crippen LogP contribution in [0.25, 0.3) is 5.65 Å². The predicted molar refractivity (Wildman–Crippen MR) is 76.4 cm³/mol. The molecule has 0 aliphatic heterocycles. The quantitative estimate of drug-likeness (QED) is 0.766. The molecule has 0 aliphatic rings. The molecular weight excluding hydrogens is 252 g/mol. The maximum atomic E-state index is 4.13. The van der Waals surface area contributed by atoms with Crippen molar-refractivity contribution in [2.45, 2.75) is 25.8 Å². The molecule has 1 aromatic carbocycles. The topological polar surface area (TPSA) is 68.0 Å². The summed E-state index contributed by atoms with van der Waals surface area (Å²) in [6, 6.07) is 10.8. The van der Waals surface area contributed by atoms with E-state index < -0.39 is 0 Å². The Morgan fingerprint density at radius 2 is 2.05 bits per heavy atom. The molecule has 0 aliphatic carbocycles. The van der Waals surface area contributed by atoms with Crippen LogP contribution in [0.1, 0.15) is 18.9 Å². The molecule has 0 spiro atoms. The molecule has 3 aromatic rings. The van der Waals surface area contributed by atoms with E-state index in [0.717, 1.165) is 18.7 Å². The smallest absolute Gasteiger partial charge is 0.199 e. The van der Waals surface area contributed by atoms with Crippen LogP contribution < -0.4 is 5.32 Å². The number of nitrogens with zero attached hydrogens (tertiary/aromatic N) is 5. The fourth-order valence-corrected chi connectivity index (χ4v) is 2.13. The summed E-state index contributed by atoms with van der Waals surface area (Å²) < 4.78 is 1.66. The molecule has 1 atom stereocenters. The standard InChI is InChI=1S/C14H16N6/c1-11(7-8-12-5-3-2-4-6-12)16-13-9-15-10-14-17-18-19-20(13)14/h2-6,9-11,16H,7-8H2,1H3. The summed E-state index contributed by atoms with van der Waals surface area (Å²) >= 11 is 0. The van der Waals surface area contributed by atoms with Gasteiger partial charge in [0.2, 0.25) is 0 Å². The zero-order valence-corrected chi connectivity index (χ0v) is 11.3. The molecule has 2 heterocycles. The van der Waals surface area contributed by atoms with Crippen molar-refractivity contribution >= 4 is 11.5 Å². The first-order chi connectivity index (χ1) is 9.83. The van der Waals surface area contributed by atoms with E-state index in [1.54, 1.807) is 16.9 Å². The maximum Gasteiger partial charge on any atom is 0.199 e. The normalized spacial score (nSPS) is 12.4.